The summed E-state index contributed by atoms with van der Waals surface area (Å²) < 4.78 is 10.8. The SMILES string of the molecule is Cc1cc([S+](c2ccccc2)c2ccccc2)cc(C)c1OC(=O)OC(C)(C)C.[Br-]. The Kier molecular flexibility index (Phi) is 8.16. The summed E-state index contributed by atoms with van der Waals surface area (Å²) >= 11 is 0. The van der Waals surface area contributed by atoms with Gasteiger partial charge in [-0.2, -0.15) is 0 Å². The zero-order valence-electron chi connectivity index (χ0n) is 17.9. The Morgan fingerprint density at radius 3 is 1.60 bits per heavy atom. The highest BCUT2D eigenvalue weighted by molar-refractivity contribution is 7.97. The van der Waals surface area contributed by atoms with Crippen LogP contribution in [0.5, 0.6) is 5.75 Å². The van der Waals surface area contributed by atoms with E-state index in [1.54, 1.807) is 0 Å². The number of rotatable bonds is 4. The first kappa shape index (κ1) is 24.0. The predicted molar refractivity (Wildman–Crippen MR) is 118 cm³/mol. The van der Waals surface area contributed by atoms with E-state index in [1.165, 1.54) is 14.7 Å². The summed E-state index contributed by atoms with van der Waals surface area (Å²) in [6.45, 7) is 9.40. The summed E-state index contributed by atoms with van der Waals surface area (Å²) in [6.07, 6.45) is -0.679. The van der Waals surface area contributed by atoms with Crippen molar-refractivity contribution in [3.8, 4) is 5.75 Å². The molecule has 158 valence electrons. The molecule has 0 aliphatic rings. The largest absolute Gasteiger partial charge is 1.00 e. The second kappa shape index (κ2) is 10.2. The Bertz CT molecular complexity index is 920. The van der Waals surface area contributed by atoms with Crippen LogP contribution in [-0.2, 0) is 15.6 Å². The quantitative estimate of drug-likeness (QED) is 0.320. The molecule has 0 saturated heterocycles. The highest BCUT2D eigenvalue weighted by Gasteiger charge is 2.30. The van der Waals surface area contributed by atoms with Gasteiger partial charge in [0.25, 0.3) is 0 Å². The molecule has 0 radical (unpaired) electrons. The zero-order valence-corrected chi connectivity index (χ0v) is 20.3. The van der Waals surface area contributed by atoms with Crippen molar-refractivity contribution < 1.29 is 31.2 Å². The van der Waals surface area contributed by atoms with Crippen LogP contribution < -0.4 is 21.7 Å². The van der Waals surface area contributed by atoms with E-state index < -0.39 is 11.8 Å². The van der Waals surface area contributed by atoms with E-state index in [4.69, 9.17) is 9.47 Å². The topological polar surface area (TPSA) is 35.5 Å². The van der Waals surface area contributed by atoms with Gasteiger partial charge in [0, 0.05) is 12.1 Å². The summed E-state index contributed by atoms with van der Waals surface area (Å²) in [7, 11) is -0.244. The minimum atomic E-state index is -0.679. The molecule has 0 saturated carbocycles. The van der Waals surface area contributed by atoms with Crippen LogP contribution in [0.1, 0.15) is 31.9 Å². The predicted octanol–water partition coefficient (Wildman–Crippen LogP) is 3.72. The number of carbonyl (C=O) groups is 1. The second-order valence-corrected chi connectivity index (χ2v) is 9.91. The lowest BCUT2D eigenvalue weighted by molar-refractivity contribution is -0.0000696. The lowest BCUT2D eigenvalue weighted by Crippen LogP contribution is -3.00. The van der Waals surface area contributed by atoms with Gasteiger partial charge in [0.1, 0.15) is 11.4 Å². The Morgan fingerprint density at radius 2 is 1.20 bits per heavy atom. The molecule has 30 heavy (non-hydrogen) atoms. The van der Waals surface area contributed by atoms with Gasteiger partial charge in [-0.3, -0.25) is 0 Å². The van der Waals surface area contributed by atoms with Crippen LogP contribution in [-0.4, -0.2) is 11.8 Å². The third kappa shape index (κ3) is 6.13. The van der Waals surface area contributed by atoms with Crippen molar-refractivity contribution in [3.63, 3.8) is 0 Å². The third-order valence-electron chi connectivity index (χ3n) is 4.20. The van der Waals surface area contributed by atoms with Crippen LogP contribution in [0.25, 0.3) is 0 Å². The number of hydrogen-bond donors (Lipinski definition) is 0. The normalized spacial score (nSPS) is 11.0. The maximum atomic E-state index is 12.2. The van der Waals surface area contributed by atoms with Gasteiger partial charge in [0.15, 0.2) is 14.7 Å². The van der Waals surface area contributed by atoms with Gasteiger partial charge in [-0.25, -0.2) is 4.79 Å². The number of ether oxygens (including phenoxy) is 2. The average molecular weight is 487 g/mol. The van der Waals surface area contributed by atoms with E-state index in [0.29, 0.717) is 5.75 Å². The second-order valence-electron chi connectivity index (χ2n) is 7.88. The molecule has 0 amide bonds. The summed E-state index contributed by atoms with van der Waals surface area (Å²) in [5, 5.41) is 0. The molecule has 3 rings (SSSR count). The molecular formula is C25H27BrO3S. The fraction of sp³-hybridized carbons (Fsp3) is 0.240. The smallest absolute Gasteiger partial charge is 0.514 e. The van der Waals surface area contributed by atoms with Crippen molar-refractivity contribution in [1.29, 1.82) is 0 Å². The maximum absolute atomic E-state index is 12.2. The van der Waals surface area contributed by atoms with Crippen LogP contribution in [0.4, 0.5) is 4.79 Å². The summed E-state index contributed by atoms with van der Waals surface area (Å²) in [5.41, 5.74) is 1.23. The fourth-order valence-electron chi connectivity index (χ4n) is 3.06. The summed E-state index contributed by atoms with van der Waals surface area (Å²) in [4.78, 5) is 15.8. The maximum Gasteiger partial charge on any atom is 0.514 e. The number of halogens is 1. The molecule has 0 aromatic heterocycles. The first-order valence-electron chi connectivity index (χ1n) is 9.61. The standard InChI is InChI=1S/C25H27O3S.BrH/c1-18-16-22(17-19(2)23(18)27-24(26)28-25(3,4)5)29(20-12-8-6-9-13-20)21-14-10-7-11-15-21;/h6-17H,1-5H3;1H/q+1;/p-1. The monoisotopic (exact) mass is 486 g/mol. The van der Waals surface area contributed by atoms with Gasteiger partial charge in [-0.15, -0.1) is 0 Å². The first-order chi connectivity index (χ1) is 13.7. The van der Waals surface area contributed by atoms with Crippen LogP contribution in [0.2, 0.25) is 0 Å². The Balaban J connectivity index is 0.00000320. The Hall–Kier alpha value is -2.24. The lowest BCUT2D eigenvalue weighted by atomic mass is 10.1. The summed E-state index contributed by atoms with van der Waals surface area (Å²) in [6, 6.07) is 25.2. The van der Waals surface area contributed by atoms with Crippen molar-refractivity contribution in [1.82, 2.24) is 0 Å². The van der Waals surface area contributed by atoms with Crippen molar-refractivity contribution in [2.45, 2.75) is 54.9 Å². The van der Waals surface area contributed by atoms with Crippen molar-refractivity contribution in [2.24, 2.45) is 0 Å². The van der Waals surface area contributed by atoms with Gasteiger partial charge < -0.3 is 26.5 Å². The van der Waals surface area contributed by atoms with Crippen LogP contribution in [0.3, 0.4) is 0 Å². The van der Waals surface area contributed by atoms with E-state index >= 15 is 0 Å². The Labute approximate surface area is 192 Å². The van der Waals surface area contributed by atoms with Gasteiger partial charge in [-0.05, 0) is 70.0 Å². The molecule has 0 atom stereocenters. The summed E-state index contributed by atoms with van der Waals surface area (Å²) in [5.74, 6) is 0.563. The van der Waals surface area contributed by atoms with Crippen molar-refractivity contribution in [3.05, 3.63) is 83.9 Å². The minimum absolute atomic E-state index is 0. The van der Waals surface area contributed by atoms with E-state index in [-0.39, 0.29) is 27.9 Å². The molecule has 0 fully saturated rings. The molecule has 0 unspecified atom stereocenters. The molecule has 3 aromatic carbocycles. The van der Waals surface area contributed by atoms with Gasteiger partial charge >= 0.3 is 6.16 Å². The van der Waals surface area contributed by atoms with E-state index in [2.05, 4.69) is 60.7 Å². The van der Waals surface area contributed by atoms with Crippen LogP contribution in [0.15, 0.2) is 87.5 Å². The molecule has 0 aliphatic heterocycles. The van der Waals surface area contributed by atoms with Crippen molar-refractivity contribution in [2.75, 3.05) is 0 Å². The average Bonchev–Trinajstić information content (AvgIpc) is 2.65. The molecule has 3 aromatic rings. The number of carbonyl (C=O) groups excluding carboxylic acids is 1. The van der Waals surface area contributed by atoms with E-state index in [1.807, 2.05) is 46.8 Å². The van der Waals surface area contributed by atoms with Gasteiger partial charge in [0.05, 0.1) is 10.9 Å². The lowest BCUT2D eigenvalue weighted by Gasteiger charge is -2.20. The molecule has 3 nitrogen and oxygen atoms in total. The van der Waals surface area contributed by atoms with E-state index in [0.717, 1.165) is 11.1 Å². The number of hydrogen-bond acceptors (Lipinski definition) is 3. The molecule has 0 spiro atoms. The molecular weight excluding hydrogens is 460 g/mol. The molecule has 5 heteroatoms. The van der Waals surface area contributed by atoms with Gasteiger partial charge in [0.2, 0.25) is 0 Å². The molecule has 0 N–H and O–H groups in total. The van der Waals surface area contributed by atoms with Crippen LogP contribution in [0, 0.1) is 13.8 Å². The Morgan fingerprint density at radius 1 is 0.767 bits per heavy atom. The number of benzene rings is 3. The zero-order chi connectivity index (χ0) is 21.0. The molecule has 0 heterocycles. The van der Waals surface area contributed by atoms with Crippen LogP contribution >= 0.6 is 0 Å². The molecule has 0 bridgehead atoms. The highest BCUT2D eigenvalue weighted by atomic mass is 79.9. The minimum Gasteiger partial charge on any atom is -1.00 e. The third-order valence-corrected chi connectivity index (χ3v) is 6.40. The van der Waals surface area contributed by atoms with E-state index in [9.17, 15) is 4.79 Å². The van der Waals surface area contributed by atoms with Gasteiger partial charge in [-0.1, -0.05) is 36.4 Å². The first-order valence-corrected chi connectivity index (χ1v) is 10.8. The fourth-order valence-corrected chi connectivity index (χ4v) is 5.33. The highest BCUT2D eigenvalue weighted by Crippen LogP contribution is 2.35. The van der Waals surface area contributed by atoms with Crippen molar-refractivity contribution >= 4 is 17.1 Å². The number of aryl methyl sites for hydroxylation is 2. The molecule has 0 aliphatic carbocycles.